The lowest BCUT2D eigenvalue weighted by atomic mass is 10.00. The Hall–Kier alpha value is -2.70. The number of aromatic nitrogens is 2. The van der Waals surface area contributed by atoms with Crippen molar-refractivity contribution in [3.63, 3.8) is 0 Å². The standard InChI is InChI=1S/C18H20FN3O3/c1-21-11-14(16(23)20-18(21)25)17(24)22-9-4-2-3-8-15(22)12-6-5-7-13(19)10-12/h5-7,10-11,15H,2-4,8-9H2,1H3,(H,20,23,25). The van der Waals surface area contributed by atoms with E-state index in [1.807, 2.05) is 0 Å². The van der Waals surface area contributed by atoms with E-state index in [2.05, 4.69) is 4.98 Å². The van der Waals surface area contributed by atoms with Gasteiger partial charge >= 0.3 is 5.69 Å². The molecule has 1 atom stereocenters. The van der Waals surface area contributed by atoms with Crippen LogP contribution in [0.4, 0.5) is 4.39 Å². The summed E-state index contributed by atoms with van der Waals surface area (Å²) in [5, 5.41) is 0. The lowest BCUT2D eigenvalue weighted by Gasteiger charge is -2.30. The molecule has 1 aromatic carbocycles. The zero-order chi connectivity index (χ0) is 18.0. The zero-order valence-electron chi connectivity index (χ0n) is 14.0. The largest absolute Gasteiger partial charge is 0.331 e. The van der Waals surface area contributed by atoms with Gasteiger partial charge in [0.25, 0.3) is 11.5 Å². The number of aromatic amines is 1. The minimum absolute atomic E-state index is 0.0783. The fraction of sp³-hybridized carbons (Fsp3) is 0.389. The molecule has 1 aromatic heterocycles. The third-order valence-electron chi connectivity index (χ3n) is 4.59. The zero-order valence-corrected chi connectivity index (χ0v) is 14.0. The first kappa shape index (κ1) is 17.1. The highest BCUT2D eigenvalue weighted by Crippen LogP contribution is 2.31. The van der Waals surface area contributed by atoms with Crippen LogP contribution in [0.3, 0.4) is 0 Å². The third-order valence-corrected chi connectivity index (χ3v) is 4.59. The molecule has 132 valence electrons. The summed E-state index contributed by atoms with van der Waals surface area (Å²) in [5.41, 5.74) is -0.628. The Morgan fingerprint density at radius 3 is 2.80 bits per heavy atom. The molecule has 0 spiro atoms. The second kappa shape index (κ2) is 7.04. The lowest BCUT2D eigenvalue weighted by molar-refractivity contribution is 0.0677. The summed E-state index contributed by atoms with van der Waals surface area (Å²) in [6.07, 6.45) is 4.69. The maximum absolute atomic E-state index is 13.6. The first-order valence-corrected chi connectivity index (χ1v) is 8.34. The normalized spacial score (nSPS) is 18.0. The van der Waals surface area contributed by atoms with Crippen LogP contribution >= 0.6 is 0 Å². The molecular formula is C18H20FN3O3. The van der Waals surface area contributed by atoms with Gasteiger partial charge in [0, 0.05) is 19.8 Å². The molecule has 1 aliphatic rings. The Bertz CT molecular complexity index is 903. The van der Waals surface area contributed by atoms with Crippen molar-refractivity contribution in [3.8, 4) is 0 Å². The number of aryl methyl sites for hydroxylation is 1. The van der Waals surface area contributed by atoms with E-state index in [9.17, 15) is 18.8 Å². The van der Waals surface area contributed by atoms with Gasteiger partial charge in [0.15, 0.2) is 0 Å². The average Bonchev–Trinajstić information content (AvgIpc) is 2.83. The van der Waals surface area contributed by atoms with E-state index in [0.717, 1.165) is 24.8 Å². The molecule has 1 fully saturated rings. The molecule has 1 saturated heterocycles. The van der Waals surface area contributed by atoms with Crippen molar-refractivity contribution in [2.24, 2.45) is 7.05 Å². The van der Waals surface area contributed by atoms with E-state index < -0.39 is 17.2 Å². The van der Waals surface area contributed by atoms with Crippen molar-refractivity contribution in [1.29, 1.82) is 0 Å². The maximum atomic E-state index is 13.6. The van der Waals surface area contributed by atoms with Crippen molar-refractivity contribution in [3.05, 3.63) is 68.2 Å². The SMILES string of the molecule is Cn1cc(C(=O)N2CCCCCC2c2cccc(F)c2)c(=O)[nH]c1=O. The monoisotopic (exact) mass is 345 g/mol. The van der Waals surface area contributed by atoms with Gasteiger partial charge in [-0.1, -0.05) is 25.0 Å². The van der Waals surface area contributed by atoms with E-state index in [1.165, 1.54) is 29.9 Å². The Balaban J connectivity index is 2.02. The van der Waals surface area contributed by atoms with Crippen LogP contribution in [0.25, 0.3) is 0 Å². The molecule has 1 aliphatic heterocycles. The van der Waals surface area contributed by atoms with Crippen molar-refractivity contribution in [1.82, 2.24) is 14.5 Å². The van der Waals surface area contributed by atoms with Crippen LogP contribution in [0.2, 0.25) is 0 Å². The van der Waals surface area contributed by atoms with Crippen LogP contribution in [-0.4, -0.2) is 26.9 Å². The van der Waals surface area contributed by atoms with Gasteiger partial charge in [-0.15, -0.1) is 0 Å². The predicted octanol–water partition coefficient (Wildman–Crippen LogP) is 1.97. The van der Waals surface area contributed by atoms with Crippen molar-refractivity contribution < 1.29 is 9.18 Å². The van der Waals surface area contributed by atoms with E-state index in [0.29, 0.717) is 13.0 Å². The molecular weight excluding hydrogens is 325 g/mol. The Kier molecular flexibility index (Phi) is 4.83. The molecule has 0 bridgehead atoms. The smallest absolute Gasteiger partial charge is 0.328 e. The van der Waals surface area contributed by atoms with E-state index in [-0.39, 0.29) is 17.4 Å². The molecule has 25 heavy (non-hydrogen) atoms. The predicted molar refractivity (Wildman–Crippen MR) is 90.9 cm³/mol. The molecule has 3 rings (SSSR count). The highest BCUT2D eigenvalue weighted by Gasteiger charge is 2.29. The molecule has 7 heteroatoms. The highest BCUT2D eigenvalue weighted by atomic mass is 19.1. The Morgan fingerprint density at radius 2 is 2.04 bits per heavy atom. The second-order valence-corrected chi connectivity index (χ2v) is 6.33. The molecule has 0 aliphatic carbocycles. The average molecular weight is 345 g/mol. The van der Waals surface area contributed by atoms with Gasteiger partial charge in [-0.05, 0) is 30.5 Å². The van der Waals surface area contributed by atoms with Crippen LogP contribution < -0.4 is 11.2 Å². The molecule has 2 heterocycles. The summed E-state index contributed by atoms with van der Waals surface area (Å²) in [7, 11) is 1.47. The number of rotatable bonds is 2. The molecule has 0 saturated carbocycles. The molecule has 2 aromatic rings. The maximum Gasteiger partial charge on any atom is 0.328 e. The lowest BCUT2D eigenvalue weighted by Crippen LogP contribution is -2.40. The number of nitrogens with one attached hydrogen (secondary N) is 1. The number of likely N-dealkylation sites (tertiary alicyclic amines) is 1. The van der Waals surface area contributed by atoms with Gasteiger partial charge in [0.05, 0.1) is 6.04 Å². The fourth-order valence-corrected chi connectivity index (χ4v) is 3.28. The first-order chi connectivity index (χ1) is 12.0. The van der Waals surface area contributed by atoms with Gasteiger partial charge in [-0.25, -0.2) is 9.18 Å². The number of carbonyl (C=O) groups excluding carboxylic acids is 1. The number of carbonyl (C=O) groups is 1. The highest BCUT2D eigenvalue weighted by molar-refractivity contribution is 5.93. The van der Waals surface area contributed by atoms with E-state index in [1.54, 1.807) is 17.0 Å². The summed E-state index contributed by atoms with van der Waals surface area (Å²) in [6, 6.07) is 5.93. The number of hydrogen-bond donors (Lipinski definition) is 1. The van der Waals surface area contributed by atoms with Gasteiger partial charge in [-0.3, -0.25) is 14.6 Å². The molecule has 1 N–H and O–H groups in total. The number of halogens is 1. The summed E-state index contributed by atoms with van der Waals surface area (Å²) < 4.78 is 14.8. The molecule has 1 amide bonds. The third kappa shape index (κ3) is 3.55. The fourth-order valence-electron chi connectivity index (χ4n) is 3.28. The van der Waals surface area contributed by atoms with Crippen LogP contribution in [0, 0.1) is 5.82 Å². The molecule has 6 nitrogen and oxygen atoms in total. The summed E-state index contributed by atoms with van der Waals surface area (Å²) >= 11 is 0. The Labute approximate surface area is 143 Å². The van der Waals surface area contributed by atoms with Gasteiger partial charge in [-0.2, -0.15) is 0 Å². The molecule has 0 radical (unpaired) electrons. The summed E-state index contributed by atoms with van der Waals surface area (Å²) in [4.78, 5) is 40.4. The minimum Gasteiger partial charge on any atom is -0.331 e. The van der Waals surface area contributed by atoms with Crippen LogP contribution in [0.15, 0.2) is 40.1 Å². The van der Waals surface area contributed by atoms with Crippen molar-refractivity contribution in [2.75, 3.05) is 6.54 Å². The number of amides is 1. The number of nitrogens with zero attached hydrogens (tertiary/aromatic N) is 2. The number of hydrogen-bond acceptors (Lipinski definition) is 3. The van der Waals surface area contributed by atoms with E-state index in [4.69, 9.17) is 0 Å². The van der Waals surface area contributed by atoms with Crippen molar-refractivity contribution >= 4 is 5.91 Å². The quantitative estimate of drug-likeness (QED) is 0.904. The number of H-pyrrole nitrogens is 1. The van der Waals surface area contributed by atoms with Gasteiger partial charge < -0.3 is 9.47 Å². The first-order valence-electron chi connectivity index (χ1n) is 8.34. The van der Waals surface area contributed by atoms with E-state index >= 15 is 0 Å². The second-order valence-electron chi connectivity index (χ2n) is 6.33. The summed E-state index contributed by atoms with van der Waals surface area (Å²) in [6.45, 7) is 0.488. The van der Waals surface area contributed by atoms with Crippen molar-refractivity contribution in [2.45, 2.75) is 31.7 Å². The van der Waals surface area contributed by atoms with Crippen LogP contribution in [0.5, 0.6) is 0 Å². The Morgan fingerprint density at radius 1 is 1.24 bits per heavy atom. The molecule has 1 unspecified atom stereocenters. The van der Waals surface area contributed by atoms with Gasteiger partial charge in [0.1, 0.15) is 11.4 Å². The van der Waals surface area contributed by atoms with Crippen LogP contribution in [0.1, 0.15) is 47.6 Å². The summed E-state index contributed by atoms with van der Waals surface area (Å²) in [5.74, 6) is -0.790. The van der Waals surface area contributed by atoms with Gasteiger partial charge in [0.2, 0.25) is 0 Å². The minimum atomic E-state index is -0.699. The number of benzene rings is 1. The van der Waals surface area contributed by atoms with Crippen LogP contribution in [-0.2, 0) is 7.05 Å². The topological polar surface area (TPSA) is 75.2 Å².